The second-order valence-corrected chi connectivity index (χ2v) is 9.35. The quantitative estimate of drug-likeness (QED) is 0.586. The molecule has 3 unspecified atom stereocenters. The maximum Gasteiger partial charge on any atom is 0.246 e. The van der Waals surface area contributed by atoms with Gasteiger partial charge in [-0.05, 0) is 24.0 Å². The van der Waals surface area contributed by atoms with Crippen molar-refractivity contribution in [1.29, 1.82) is 0 Å². The Hall–Kier alpha value is -2.78. The number of amides is 3. The third-order valence-corrected chi connectivity index (χ3v) is 6.56. The van der Waals surface area contributed by atoms with Crippen LogP contribution < -0.4 is 10.6 Å². The monoisotopic (exact) mass is 458 g/mol. The number of nitrogens with one attached hydrogen (secondary N) is 2. The lowest BCUT2D eigenvalue weighted by atomic mass is 10.0. The van der Waals surface area contributed by atoms with Crippen LogP contribution in [0.3, 0.4) is 0 Å². The summed E-state index contributed by atoms with van der Waals surface area (Å²) in [7, 11) is 0. The van der Waals surface area contributed by atoms with Crippen molar-refractivity contribution in [3.63, 3.8) is 0 Å². The Kier molecular flexibility index (Phi) is 7.63. The Bertz CT molecular complexity index is 973. The number of carbonyl (C=O) groups is 3. The zero-order valence-corrected chi connectivity index (χ0v) is 19.6. The van der Waals surface area contributed by atoms with E-state index < -0.39 is 18.2 Å². The molecule has 1 aliphatic heterocycles. The van der Waals surface area contributed by atoms with E-state index >= 15 is 0 Å². The number of rotatable bonds is 7. The van der Waals surface area contributed by atoms with Crippen LogP contribution in [-0.2, 0) is 20.9 Å². The van der Waals surface area contributed by atoms with Gasteiger partial charge < -0.3 is 20.6 Å². The third-order valence-electron chi connectivity index (χ3n) is 5.58. The van der Waals surface area contributed by atoms with E-state index in [-0.39, 0.29) is 36.6 Å². The lowest BCUT2D eigenvalue weighted by molar-refractivity contribution is -0.142. The summed E-state index contributed by atoms with van der Waals surface area (Å²) < 4.78 is 0. The van der Waals surface area contributed by atoms with E-state index in [2.05, 4.69) is 15.6 Å². The van der Waals surface area contributed by atoms with Crippen molar-refractivity contribution in [2.24, 2.45) is 5.92 Å². The normalized spacial score (nSPS) is 19.1. The Morgan fingerprint density at radius 2 is 1.94 bits per heavy atom. The fourth-order valence-corrected chi connectivity index (χ4v) is 4.69. The van der Waals surface area contributed by atoms with Crippen molar-refractivity contribution < 1.29 is 19.5 Å². The van der Waals surface area contributed by atoms with Crippen molar-refractivity contribution in [1.82, 2.24) is 20.5 Å². The van der Waals surface area contributed by atoms with Gasteiger partial charge in [0.05, 0.1) is 22.2 Å². The molecular formula is C23H30N4O4S. The molecule has 1 fully saturated rings. The van der Waals surface area contributed by atoms with Gasteiger partial charge >= 0.3 is 0 Å². The van der Waals surface area contributed by atoms with E-state index in [9.17, 15) is 19.5 Å². The van der Waals surface area contributed by atoms with Crippen molar-refractivity contribution >= 4 is 29.1 Å². The smallest absolute Gasteiger partial charge is 0.246 e. The topological polar surface area (TPSA) is 112 Å². The fourth-order valence-electron chi connectivity index (χ4n) is 3.88. The number of β-amino-alcohol motifs (C(OH)–C–C–N with tert-alkyl or cyclic N) is 1. The number of aryl methyl sites for hydroxylation is 1. The van der Waals surface area contributed by atoms with Gasteiger partial charge in [-0.2, -0.15) is 0 Å². The van der Waals surface area contributed by atoms with Gasteiger partial charge in [0.15, 0.2) is 0 Å². The first-order valence-corrected chi connectivity index (χ1v) is 11.6. The van der Waals surface area contributed by atoms with Crippen LogP contribution in [0.4, 0.5) is 0 Å². The average molecular weight is 459 g/mol. The van der Waals surface area contributed by atoms with Crippen molar-refractivity contribution in [3.05, 3.63) is 41.0 Å². The Morgan fingerprint density at radius 1 is 1.25 bits per heavy atom. The molecule has 8 nitrogen and oxygen atoms in total. The van der Waals surface area contributed by atoms with Crippen LogP contribution in [0.25, 0.3) is 10.4 Å². The molecule has 1 aliphatic rings. The van der Waals surface area contributed by atoms with Crippen molar-refractivity contribution in [3.8, 4) is 10.4 Å². The number of hydrogen-bond acceptors (Lipinski definition) is 6. The Morgan fingerprint density at radius 3 is 2.50 bits per heavy atom. The highest BCUT2D eigenvalue weighted by molar-refractivity contribution is 7.13. The van der Waals surface area contributed by atoms with E-state index in [1.807, 2.05) is 50.5 Å². The number of thiazole rings is 1. The molecule has 3 amide bonds. The Balaban J connectivity index is 1.64. The molecule has 32 heavy (non-hydrogen) atoms. The number of aromatic nitrogens is 1. The minimum Gasteiger partial charge on any atom is -0.391 e. The van der Waals surface area contributed by atoms with Gasteiger partial charge in [-0.25, -0.2) is 4.98 Å². The van der Waals surface area contributed by atoms with E-state index in [4.69, 9.17) is 0 Å². The minimum atomic E-state index is -0.776. The van der Waals surface area contributed by atoms with Crippen LogP contribution in [-0.4, -0.2) is 57.4 Å². The molecule has 2 aromatic rings. The number of hydrogen-bond donors (Lipinski definition) is 3. The maximum absolute atomic E-state index is 13.1. The molecular weight excluding hydrogens is 428 g/mol. The molecule has 0 bridgehead atoms. The van der Waals surface area contributed by atoms with Gasteiger partial charge in [0, 0.05) is 26.4 Å². The van der Waals surface area contributed by atoms with Gasteiger partial charge in [-0.1, -0.05) is 38.1 Å². The molecule has 3 atom stereocenters. The van der Waals surface area contributed by atoms with Crippen LogP contribution in [0.5, 0.6) is 0 Å². The highest BCUT2D eigenvalue weighted by atomic mass is 32.1. The van der Waals surface area contributed by atoms with Crippen LogP contribution in [0.1, 0.15) is 38.4 Å². The van der Waals surface area contributed by atoms with E-state index in [1.54, 1.807) is 11.3 Å². The number of likely N-dealkylation sites (tertiary alicyclic amines) is 1. The molecule has 1 aromatic carbocycles. The van der Waals surface area contributed by atoms with E-state index in [0.29, 0.717) is 6.54 Å². The largest absolute Gasteiger partial charge is 0.391 e. The molecule has 1 saturated heterocycles. The first-order chi connectivity index (χ1) is 15.2. The molecule has 0 spiro atoms. The summed E-state index contributed by atoms with van der Waals surface area (Å²) in [6, 6.07) is 6.39. The zero-order chi connectivity index (χ0) is 23.4. The molecule has 3 N–H and O–H groups in total. The second kappa shape index (κ2) is 10.2. The zero-order valence-electron chi connectivity index (χ0n) is 18.8. The van der Waals surface area contributed by atoms with Crippen LogP contribution >= 0.6 is 11.3 Å². The number of carbonyl (C=O) groups excluding carboxylic acids is 3. The van der Waals surface area contributed by atoms with Crippen LogP contribution in [0.2, 0.25) is 0 Å². The summed E-state index contributed by atoms with van der Waals surface area (Å²) in [5.74, 6) is -1.12. The highest BCUT2D eigenvalue weighted by Gasteiger charge is 2.41. The molecule has 0 saturated carbocycles. The molecule has 1 aromatic heterocycles. The SMILES string of the molecule is CC(=O)NC(C(=O)N1CC(O)CC1C(=O)NCc1ccc(-c2scnc2C)cc1)C(C)C. The number of nitrogens with zero attached hydrogens (tertiary/aromatic N) is 2. The van der Waals surface area contributed by atoms with Crippen molar-refractivity contribution in [2.45, 2.75) is 58.8 Å². The lowest BCUT2D eigenvalue weighted by Crippen LogP contribution is -2.55. The minimum absolute atomic E-state index is 0.0720. The van der Waals surface area contributed by atoms with Gasteiger partial charge in [0.2, 0.25) is 17.7 Å². The predicted octanol–water partition coefficient (Wildman–Crippen LogP) is 1.86. The van der Waals surface area contributed by atoms with E-state index in [1.165, 1.54) is 11.8 Å². The van der Waals surface area contributed by atoms with Crippen molar-refractivity contribution in [2.75, 3.05) is 6.54 Å². The average Bonchev–Trinajstić information content (AvgIpc) is 3.35. The Labute approximate surface area is 192 Å². The lowest BCUT2D eigenvalue weighted by Gasteiger charge is -2.30. The summed E-state index contributed by atoms with van der Waals surface area (Å²) in [4.78, 5) is 44.2. The molecule has 9 heteroatoms. The predicted molar refractivity (Wildman–Crippen MR) is 123 cm³/mol. The highest BCUT2D eigenvalue weighted by Crippen LogP contribution is 2.27. The van der Waals surface area contributed by atoms with Gasteiger partial charge in [0.25, 0.3) is 0 Å². The summed E-state index contributed by atoms with van der Waals surface area (Å²) in [6.45, 7) is 7.37. The van der Waals surface area contributed by atoms with Crippen LogP contribution in [0, 0.1) is 12.8 Å². The molecule has 0 radical (unpaired) electrons. The second-order valence-electron chi connectivity index (χ2n) is 8.50. The summed E-state index contributed by atoms with van der Waals surface area (Å²) in [5, 5.41) is 15.7. The van der Waals surface area contributed by atoms with E-state index in [0.717, 1.165) is 21.7 Å². The first-order valence-electron chi connectivity index (χ1n) is 10.7. The van der Waals surface area contributed by atoms with Gasteiger partial charge in [0.1, 0.15) is 12.1 Å². The number of aliphatic hydroxyl groups excluding tert-OH is 1. The summed E-state index contributed by atoms with van der Waals surface area (Å²) >= 11 is 1.59. The molecule has 2 heterocycles. The van der Waals surface area contributed by atoms with Gasteiger partial charge in [-0.15, -0.1) is 11.3 Å². The standard InChI is InChI=1S/C23H30N4O4S/c1-13(2)20(26-15(4)28)23(31)27-11-18(29)9-19(27)22(30)24-10-16-5-7-17(8-6-16)21-14(3)25-12-32-21/h5-8,12-13,18-20,29H,9-11H2,1-4H3,(H,24,30)(H,26,28). The number of benzene rings is 1. The maximum atomic E-state index is 13.1. The molecule has 172 valence electrons. The third kappa shape index (κ3) is 5.52. The molecule has 0 aliphatic carbocycles. The molecule has 3 rings (SSSR count). The van der Waals surface area contributed by atoms with Crippen LogP contribution in [0.15, 0.2) is 29.8 Å². The first kappa shape index (κ1) is 23.9. The summed E-state index contributed by atoms with van der Waals surface area (Å²) in [6.07, 6.45) is -0.603. The number of aliphatic hydroxyl groups is 1. The van der Waals surface area contributed by atoms with Gasteiger partial charge in [-0.3, -0.25) is 14.4 Å². The summed E-state index contributed by atoms with van der Waals surface area (Å²) in [5.41, 5.74) is 4.81. The fraction of sp³-hybridized carbons (Fsp3) is 0.478.